The fourth-order valence-corrected chi connectivity index (χ4v) is 1.88. The van der Waals surface area contributed by atoms with Gasteiger partial charge in [-0.05, 0) is 18.2 Å². The smallest absolute Gasteiger partial charge is 0.393 e. The highest BCUT2D eigenvalue weighted by atomic mass is 35.5. The second kappa shape index (κ2) is 5.65. The minimum atomic E-state index is -4.54. The molecule has 2 aromatic rings. The zero-order valence-electron chi connectivity index (χ0n) is 10.8. The lowest BCUT2D eigenvalue weighted by atomic mass is 10.2. The first-order chi connectivity index (χ1) is 9.82. The molecule has 4 N–H and O–H groups in total. The molecule has 0 saturated heterocycles. The molecular formula is C12H11ClF3N5. The molecule has 1 heterocycles. The first kappa shape index (κ1) is 15.2. The maximum atomic E-state index is 12.8. The van der Waals surface area contributed by atoms with Crippen LogP contribution in [0.5, 0.6) is 0 Å². The number of halogens is 4. The molecule has 2 rings (SSSR count). The summed E-state index contributed by atoms with van der Waals surface area (Å²) < 4.78 is 38.4. The zero-order chi connectivity index (χ0) is 15.6. The molecule has 0 spiro atoms. The Morgan fingerprint density at radius 1 is 1.19 bits per heavy atom. The number of anilines is 4. The number of nitrogens with zero attached hydrogens (tertiary/aromatic N) is 2. The minimum Gasteiger partial charge on any atom is -0.393 e. The van der Waals surface area contributed by atoms with E-state index in [1.165, 1.54) is 12.4 Å². The third-order valence-electron chi connectivity index (χ3n) is 2.66. The molecule has 0 bridgehead atoms. The number of aromatic nitrogens is 2. The third-order valence-corrected chi connectivity index (χ3v) is 2.98. The summed E-state index contributed by atoms with van der Waals surface area (Å²) in [5.74, 6) is 0.572. The summed E-state index contributed by atoms with van der Waals surface area (Å²) >= 11 is 5.55. The van der Waals surface area contributed by atoms with E-state index in [0.29, 0.717) is 5.82 Å². The maximum Gasteiger partial charge on any atom is 0.417 e. The molecule has 0 saturated carbocycles. The lowest BCUT2D eigenvalue weighted by molar-refractivity contribution is -0.137. The largest absolute Gasteiger partial charge is 0.417 e. The Kier molecular flexibility index (Phi) is 4.08. The quantitative estimate of drug-likeness (QED) is 0.807. The molecular weight excluding hydrogens is 307 g/mol. The van der Waals surface area contributed by atoms with Crippen LogP contribution in [-0.4, -0.2) is 17.0 Å². The third kappa shape index (κ3) is 3.27. The standard InChI is InChI=1S/C12H11ClF3N5/c1-18-10-9(17)11(20-5-19-10)21-6-2-3-8(13)7(4-6)12(14,15)16/h2-5H,17H2,1H3,(H2,18,19,20,21). The summed E-state index contributed by atoms with van der Waals surface area (Å²) in [4.78, 5) is 7.78. The van der Waals surface area contributed by atoms with Crippen LogP contribution in [0.1, 0.15) is 5.56 Å². The second-order valence-corrected chi connectivity index (χ2v) is 4.46. The van der Waals surface area contributed by atoms with Gasteiger partial charge >= 0.3 is 6.18 Å². The number of nitrogen functional groups attached to an aromatic ring is 1. The van der Waals surface area contributed by atoms with Crippen molar-refractivity contribution in [3.8, 4) is 0 Å². The summed E-state index contributed by atoms with van der Waals surface area (Å²) in [7, 11) is 1.62. The van der Waals surface area contributed by atoms with E-state index >= 15 is 0 Å². The Bertz CT molecular complexity index is 660. The molecule has 0 aliphatic carbocycles. The van der Waals surface area contributed by atoms with Gasteiger partial charge in [-0.15, -0.1) is 0 Å². The van der Waals surface area contributed by atoms with E-state index in [9.17, 15) is 13.2 Å². The van der Waals surface area contributed by atoms with Crippen molar-refractivity contribution in [1.82, 2.24) is 9.97 Å². The zero-order valence-corrected chi connectivity index (χ0v) is 11.5. The molecule has 5 nitrogen and oxygen atoms in total. The van der Waals surface area contributed by atoms with Crippen LogP contribution < -0.4 is 16.4 Å². The van der Waals surface area contributed by atoms with Gasteiger partial charge < -0.3 is 16.4 Å². The summed E-state index contributed by atoms with van der Waals surface area (Å²) in [6.07, 6.45) is -3.30. The summed E-state index contributed by atoms with van der Waals surface area (Å²) in [5.41, 5.74) is 5.23. The highest BCUT2D eigenvalue weighted by molar-refractivity contribution is 6.31. The average Bonchev–Trinajstić information content (AvgIpc) is 2.42. The van der Waals surface area contributed by atoms with E-state index in [1.807, 2.05) is 0 Å². The Morgan fingerprint density at radius 2 is 1.86 bits per heavy atom. The number of nitrogens with two attached hydrogens (primary N) is 1. The fourth-order valence-electron chi connectivity index (χ4n) is 1.65. The van der Waals surface area contributed by atoms with Crippen LogP contribution >= 0.6 is 11.6 Å². The van der Waals surface area contributed by atoms with Crippen LogP contribution in [0.3, 0.4) is 0 Å². The van der Waals surface area contributed by atoms with Gasteiger partial charge in [0, 0.05) is 12.7 Å². The molecule has 0 amide bonds. The Morgan fingerprint density at radius 3 is 2.48 bits per heavy atom. The van der Waals surface area contributed by atoms with E-state index < -0.39 is 11.7 Å². The predicted molar refractivity (Wildman–Crippen MR) is 75.7 cm³/mol. The van der Waals surface area contributed by atoms with Crippen molar-refractivity contribution < 1.29 is 13.2 Å². The molecule has 0 aliphatic heterocycles. The maximum absolute atomic E-state index is 12.8. The van der Waals surface area contributed by atoms with Gasteiger partial charge in [0.1, 0.15) is 12.0 Å². The topological polar surface area (TPSA) is 75.9 Å². The number of hydrogen-bond donors (Lipinski definition) is 3. The molecule has 112 valence electrons. The van der Waals surface area contributed by atoms with E-state index in [-0.39, 0.29) is 22.2 Å². The first-order valence-corrected chi connectivity index (χ1v) is 6.12. The minimum absolute atomic E-state index is 0.166. The summed E-state index contributed by atoms with van der Waals surface area (Å²) in [5, 5.41) is 5.09. The van der Waals surface area contributed by atoms with Gasteiger partial charge in [-0.1, -0.05) is 11.6 Å². The molecule has 1 aromatic carbocycles. The average molecular weight is 318 g/mol. The highest BCUT2D eigenvalue weighted by Crippen LogP contribution is 2.37. The van der Waals surface area contributed by atoms with Gasteiger partial charge in [0.25, 0.3) is 0 Å². The van der Waals surface area contributed by atoms with Crippen LogP contribution in [0.4, 0.5) is 36.2 Å². The normalized spacial score (nSPS) is 11.3. The number of alkyl halides is 3. The lowest BCUT2D eigenvalue weighted by Crippen LogP contribution is -2.08. The Balaban J connectivity index is 2.37. The van der Waals surface area contributed by atoms with Gasteiger partial charge in [0.15, 0.2) is 11.6 Å². The number of hydrogen-bond acceptors (Lipinski definition) is 5. The molecule has 0 radical (unpaired) electrons. The van der Waals surface area contributed by atoms with E-state index in [4.69, 9.17) is 17.3 Å². The van der Waals surface area contributed by atoms with Crippen LogP contribution in [0.2, 0.25) is 5.02 Å². The highest BCUT2D eigenvalue weighted by Gasteiger charge is 2.33. The van der Waals surface area contributed by atoms with Crippen molar-refractivity contribution in [2.24, 2.45) is 0 Å². The fraction of sp³-hybridized carbons (Fsp3) is 0.167. The van der Waals surface area contributed by atoms with Crippen LogP contribution in [-0.2, 0) is 6.18 Å². The number of nitrogens with one attached hydrogen (secondary N) is 2. The second-order valence-electron chi connectivity index (χ2n) is 4.05. The van der Waals surface area contributed by atoms with E-state index in [2.05, 4.69) is 20.6 Å². The van der Waals surface area contributed by atoms with Crippen LogP contribution in [0.25, 0.3) is 0 Å². The van der Waals surface area contributed by atoms with Gasteiger partial charge in [-0.2, -0.15) is 13.2 Å². The first-order valence-electron chi connectivity index (χ1n) is 5.75. The van der Waals surface area contributed by atoms with Gasteiger partial charge in [-0.3, -0.25) is 0 Å². The molecule has 0 fully saturated rings. The number of benzene rings is 1. The molecule has 1 aromatic heterocycles. The molecule has 0 aliphatic rings. The van der Waals surface area contributed by atoms with Crippen LogP contribution in [0, 0.1) is 0 Å². The SMILES string of the molecule is CNc1ncnc(Nc2ccc(Cl)c(C(F)(F)F)c2)c1N. The van der Waals surface area contributed by atoms with Crippen molar-refractivity contribution in [2.45, 2.75) is 6.18 Å². The van der Waals surface area contributed by atoms with Crippen molar-refractivity contribution in [2.75, 3.05) is 23.4 Å². The Hall–Kier alpha value is -2.22. The van der Waals surface area contributed by atoms with E-state index in [1.54, 1.807) is 7.05 Å². The lowest BCUT2D eigenvalue weighted by Gasteiger charge is -2.13. The molecule has 0 unspecified atom stereocenters. The van der Waals surface area contributed by atoms with Crippen molar-refractivity contribution in [3.05, 3.63) is 35.1 Å². The molecule has 0 atom stereocenters. The van der Waals surface area contributed by atoms with Gasteiger partial charge in [0.2, 0.25) is 0 Å². The predicted octanol–water partition coefficient (Wildman–Crippen LogP) is 3.52. The molecule has 9 heteroatoms. The van der Waals surface area contributed by atoms with Crippen molar-refractivity contribution in [3.63, 3.8) is 0 Å². The summed E-state index contributed by atoms with van der Waals surface area (Å²) in [6.45, 7) is 0. The van der Waals surface area contributed by atoms with Crippen molar-refractivity contribution >= 4 is 34.6 Å². The van der Waals surface area contributed by atoms with Gasteiger partial charge in [-0.25, -0.2) is 9.97 Å². The monoisotopic (exact) mass is 317 g/mol. The van der Waals surface area contributed by atoms with E-state index in [0.717, 1.165) is 12.1 Å². The van der Waals surface area contributed by atoms with Crippen LogP contribution in [0.15, 0.2) is 24.5 Å². The number of rotatable bonds is 3. The Labute approximate surface area is 123 Å². The summed E-state index contributed by atoms with van der Waals surface area (Å²) in [6, 6.07) is 3.45. The van der Waals surface area contributed by atoms with Crippen molar-refractivity contribution in [1.29, 1.82) is 0 Å². The van der Waals surface area contributed by atoms with Gasteiger partial charge in [0.05, 0.1) is 10.6 Å². The molecule has 21 heavy (non-hydrogen) atoms.